The van der Waals surface area contributed by atoms with Crippen LogP contribution in [0.1, 0.15) is 22.7 Å². The van der Waals surface area contributed by atoms with Crippen LogP contribution in [0.5, 0.6) is 0 Å². The SMILES string of the molecule is Cc1cc(C(N)Cc2ccc(Cl)c(Cl)c2)ccc1Br. The van der Waals surface area contributed by atoms with Crippen LogP contribution >= 0.6 is 39.1 Å². The Balaban J connectivity index is 2.17. The van der Waals surface area contributed by atoms with Crippen molar-refractivity contribution in [2.45, 2.75) is 19.4 Å². The molecule has 2 aromatic rings. The van der Waals surface area contributed by atoms with Gasteiger partial charge in [0.15, 0.2) is 0 Å². The van der Waals surface area contributed by atoms with Crippen molar-refractivity contribution in [1.82, 2.24) is 0 Å². The Morgan fingerprint density at radius 3 is 2.47 bits per heavy atom. The van der Waals surface area contributed by atoms with Gasteiger partial charge in [-0.3, -0.25) is 0 Å². The van der Waals surface area contributed by atoms with E-state index in [2.05, 4.69) is 28.9 Å². The van der Waals surface area contributed by atoms with Crippen LogP contribution in [0.4, 0.5) is 0 Å². The lowest BCUT2D eigenvalue weighted by Gasteiger charge is -2.14. The van der Waals surface area contributed by atoms with Gasteiger partial charge in [-0.2, -0.15) is 0 Å². The van der Waals surface area contributed by atoms with Gasteiger partial charge in [-0.15, -0.1) is 0 Å². The summed E-state index contributed by atoms with van der Waals surface area (Å²) in [7, 11) is 0. The Morgan fingerprint density at radius 2 is 1.84 bits per heavy atom. The van der Waals surface area contributed by atoms with Crippen molar-refractivity contribution >= 4 is 39.1 Å². The van der Waals surface area contributed by atoms with E-state index >= 15 is 0 Å². The first-order chi connectivity index (χ1) is 8.97. The summed E-state index contributed by atoms with van der Waals surface area (Å²) >= 11 is 15.4. The molecule has 0 saturated carbocycles. The standard InChI is InChI=1S/C15H14BrCl2N/c1-9-6-11(3-4-12(9)16)15(19)8-10-2-5-13(17)14(18)7-10/h2-7,15H,8,19H2,1H3. The highest BCUT2D eigenvalue weighted by atomic mass is 79.9. The number of aryl methyl sites for hydroxylation is 1. The molecule has 0 aliphatic carbocycles. The van der Waals surface area contributed by atoms with Crippen LogP contribution in [-0.2, 0) is 6.42 Å². The maximum Gasteiger partial charge on any atom is 0.0595 e. The van der Waals surface area contributed by atoms with Crippen LogP contribution in [0.3, 0.4) is 0 Å². The third-order valence-corrected chi connectivity index (χ3v) is 4.68. The molecule has 0 spiro atoms. The Bertz CT molecular complexity index is 599. The zero-order valence-corrected chi connectivity index (χ0v) is 13.6. The molecule has 4 heteroatoms. The number of halogens is 3. The highest BCUT2D eigenvalue weighted by molar-refractivity contribution is 9.10. The van der Waals surface area contributed by atoms with E-state index in [0.717, 1.165) is 22.0 Å². The van der Waals surface area contributed by atoms with Crippen LogP contribution in [-0.4, -0.2) is 0 Å². The lowest BCUT2D eigenvalue weighted by atomic mass is 9.98. The van der Waals surface area contributed by atoms with Crippen LogP contribution in [0.25, 0.3) is 0 Å². The van der Waals surface area contributed by atoms with E-state index in [1.165, 1.54) is 5.56 Å². The van der Waals surface area contributed by atoms with Crippen molar-refractivity contribution in [3.63, 3.8) is 0 Å². The summed E-state index contributed by atoms with van der Waals surface area (Å²) in [4.78, 5) is 0. The molecule has 0 radical (unpaired) electrons. The second-order valence-corrected chi connectivity index (χ2v) is 6.24. The van der Waals surface area contributed by atoms with Gasteiger partial charge in [0.05, 0.1) is 10.0 Å². The summed E-state index contributed by atoms with van der Waals surface area (Å²) in [6.45, 7) is 2.06. The lowest BCUT2D eigenvalue weighted by molar-refractivity contribution is 0.721. The molecule has 2 aromatic carbocycles. The third-order valence-electron chi connectivity index (χ3n) is 3.05. The lowest BCUT2D eigenvalue weighted by Crippen LogP contribution is -2.13. The quantitative estimate of drug-likeness (QED) is 0.790. The average Bonchev–Trinajstić information content (AvgIpc) is 2.37. The van der Waals surface area contributed by atoms with Gasteiger partial charge in [0.25, 0.3) is 0 Å². The molecule has 1 unspecified atom stereocenters. The largest absolute Gasteiger partial charge is 0.324 e. The minimum atomic E-state index is -0.0518. The van der Waals surface area contributed by atoms with Crippen molar-refractivity contribution in [3.8, 4) is 0 Å². The Morgan fingerprint density at radius 1 is 1.11 bits per heavy atom. The molecule has 0 heterocycles. The summed E-state index contributed by atoms with van der Waals surface area (Å²) in [5, 5.41) is 1.14. The summed E-state index contributed by atoms with van der Waals surface area (Å²) in [5.74, 6) is 0. The van der Waals surface area contributed by atoms with E-state index in [1.807, 2.05) is 24.3 Å². The van der Waals surface area contributed by atoms with E-state index in [1.54, 1.807) is 6.07 Å². The van der Waals surface area contributed by atoms with Gasteiger partial charge >= 0.3 is 0 Å². The van der Waals surface area contributed by atoms with Gasteiger partial charge in [-0.25, -0.2) is 0 Å². The van der Waals surface area contributed by atoms with Crippen molar-refractivity contribution in [3.05, 3.63) is 67.6 Å². The number of hydrogen-bond donors (Lipinski definition) is 1. The predicted molar refractivity (Wildman–Crippen MR) is 86.0 cm³/mol. The molecule has 0 aliphatic rings. The zero-order chi connectivity index (χ0) is 14.0. The Labute approximate surface area is 131 Å². The second kappa shape index (κ2) is 6.27. The molecule has 0 bridgehead atoms. The van der Waals surface area contributed by atoms with Gasteiger partial charge in [0, 0.05) is 10.5 Å². The maximum absolute atomic E-state index is 6.24. The fourth-order valence-corrected chi connectivity index (χ4v) is 2.50. The maximum atomic E-state index is 6.24. The van der Waals surface area contributed by atoms with E-state index in [9.17, 15) is 0 Å². The van der Waals surface area contributed by atoms with E-state index in [-0.39, 0.29) is 6.04 Å². The molecular formula is C15H14BrCl2N. The number of nitrogens with two attached hydrogens (primary N) is 1. The highest BCUT2D eigenvalue weighted by Gasteiger charge is 2.09. The van der Waals surface area contributed by atoms with Crippen molar-refractivity contribution in [1.29, 1.82) is 0 Å². The molecule has 2 N–H and O–H groups in total. The molecule has 1 nitrogen and oxygen atoms in total. The molecule has 0 saturated heterocycles. The third kappa shape index (κ3) is 3.73. The normalized spacial score (nSPS) is 12.5. The van der Waals surface area contributed by atoms with E-state index in [4.69, 9.17) is 28.9 Å². The fourth-order valence-electron chi connectivity index (χ4n) is 1.94. The van der Waals surface area contributed by atoms with E-state index in [0.29, 0.717) is 10.0 Å². The van der Waals surface area contributed by atoms with Gasteiger partial charge in [0.2, 0.25) is 0 Å². The fraction of sp³-hybridized carbons (Fsp3) is 0.200. The smallest absolute Gasteiger partial charge is 0.0595 e. The number of hydrogen-bond acceptors (Lipinski definition) is 1. The molecule has 0 fully saturated rings. The van der Waals surface area contributed by atoms with E-state index < -0.39 is 0 Å². The van der Waals surface area contributed by atoms with Crippen LogP contribution in [0.2, 0.25) is 10.0 Å². The summed E-state index contributed by atoms with van der Waals surface area (Å²) in [5.41, 5.74) is 9.63. The zero-order valence-electron chi connectivity index (χ0n) is 10.5. The Kier molecular flexibility index (Phi) is 4.91. The second-order valence-electron chi connectivity index (χ2n) is 4.57. The molecule has 2 rings (SSSR count). The van der Waals surface area contributed by atoms with Crippen molar-refractivity contribution in [2.24, 2.45) is 5.73 Å². The first-order valence-electron chi connectivity index (χ1n) is 5.93. The van der Waals surface area contributed by atoms with Gasteiger partial charge in [0.1, 0.15) is 0 Å². The molecule has 0 aromatic heterocycles. The van der Waals surface area contributed by atoms with Crippen LogP contribution in [0.15, 0.2) is 40.9 Å². The van der Waals surface area contributed by atoms with Crippen LogP contribution in [0, 0.1) is 6.92 Å². The first kappa shape index (κ1) is 14.9. The average molecular weight is 359 g/mol. The monoisotopic (exact) mass is 357 g/mol. The van der Waals surface area contributed by atoms with Crippen molar-refractivity contribution in [2.75, 3.05) is 0 Å². The summed E-state index contributed by atoms with van der Waals surface area (Å²) in [6, 6.07) is 11.8. The van der Waals surface area contributed by atoms with Gasteiger partial charge < -0.3 is 5.73 Å². The number of benzene rings is 2. The summed E-state index contributed by atoms with van der Waals surface area (Å²) < 4.78 is 1.10. The summed E-state index contributed by atoms with van der Waals surface area (Å²) in [6.07, 6.45) is 0.734. The molecule has 100 valence electrons. The highest BCUT2D eigenvalue weighted by Crippen LogP contribution is 2.26. The molecule has 1 atom stereocenters. The van der Waals surface area contributed by atoms with Gasteiger partial charge in [-0.05, 0) is 48.2 Å². The molecular weight excluding hydrogens is 345 g/mol. The molecule has 0 aliphatic heterocycles. The minimum Gasteiger partial charge on any atom is -0.324 e. The van der Waals surface area contributed by atoms with Crippen molar-refractivity contribution < 1.29 is 0 Å². The topological polar surface area (TPSA) is 26.0 Å². The minimum absolute atomic E-state index is 0.0518. The predicted octanol–water partition coefficient (Wildman–Crippen LogP) is 5.31. The first-order valence-corrected chi connectivity index (χ1v) is 7.48. The van der Waals surface area contributed by atoms with Crippen LogP contribution < -0.4 is 5.73 Å². The van der Waals surface area contributed by atoms with Gasteiger partial charge in [-0.1, -0.05) is 57.3 Å². The Hall–Kier alpha value is -0.540. The number of rotatable bonds is 3. The molecule has 0 amide bonds. The molecule has 19 heavy (non-hydrogen) atoms.